The predicted octanol–water partition coefficient (Wildman–Crippen LogP) is 4.63. The lowest BCUT2D eigenvalue weighted by molar-refractivity contribution is -0.122. The average molecular weight is 424 g/mol. The van der Waals surface area contributed by atoms with Crippen LogP contribution in [0.25, 0.3) is 6.08 Å². The molecule has 25 heavy (non-hydrogen) atoms. The van der Waals surface area contributed by atoms with Gasteiger partial charge in [-0.25, -0.2) is 0 Å². The number of hydrogen-bond donors (Lipinski definition) is 0. The van der Waals surface area contributed by atoms with E-state index in [9.17, 15) is 9.59 Å². The second-order valence-electron chi connectivity index (χ2n) is 4.93. The zero-order valence-corrected chi connectivity index (χ0v) is 16.2. The molecule has 0 saturated carbocycles. The van der Waals surface area contributed by atoms with Crippen LogP contribution in [0.1, 0.15) is 12.5 Å². The van der Waals surface area contributed by atoms with Crippen LogP contribution < -0.4 is 9.47 Å². The Kier molecular flexibility index (Phi) is 6.90. The molecule has 1 aliphatic heterocycles. The Bertz CT molecular complexity index is 745. The fourth-order valence-electron chi connectivity index (χ4n) is 2.12. The number of carbonyl (C=O) groups is 2. The number of rotatable bonds is 8. The molecule has 1 aromatic rings. The van der Waals surface area contributed by atoms with Crippen LogP contribution in [0.2, 0.25) is 0 Å². The first-order valence-corrected chi connectivity index (χ1v) is 9.19. The Morgan fingerprint density at radius 1 is 1.20 bits per heavy atom. The molecule has 1 heterocycles. The molecule has 2 rings (SSSR count). The van der Waals surface area contributed by atoms with Crippen molar-refractivity contribution >= 4 is 44.9 Å². The van der Waals surface area contributed by atoms with Gasteiger partial charge in [-0.1, -0.05) is 34.7 Å². The third kappa shape index (κ3) is 4.55. The second kappa shape index (κ2) is 8.92. The summed E-state index contributed by atoms with van der Waals surface area (Å²) in [7, 11) is 0. The molecule has 0 bridgehead atoms. The van der Waals surface area contributed by atoms with Crippen LogP contribution in [0.3, 0.4) is 0 Å². The molecule has 2 amide bonds. The monoisotopic (exact) mass is 423 g/mol. The third-order valence-corrected chi connectivity index (χ3v) is 4.79. The van der Waals surface area contributed by atoms with Gasteiger partial charge in [-0.05, 0) is 42.5 Å². The third-order valence-electron chi connectivity index (χ3n) is 3.19. The van der Waals surface area contributed by atoms with Crippen LogP contribution in [-0.2, 0) is 4.79 Å². The summed E-state index contributed by atoms with van der Waals surface area (Å²) >= 11 is 4.38. The highest BCUT2D eigenvalue weighted by atomic mass is 79.9. The van der Waals surface area contributed by atoms with Gasteiger partial charge in [0, 0.05) is 11.0 Å². The number of hydrogen-bond acceptors (Lipinski definition) is 5. The van der Waals surface area contributed by atoms with Crippen LogP contribution in [0.4, 0.5) is 4.79 Å². The van der Waals surface area contributed by atoms with Gasteiger partial charge in [-0.15, -0.1) is 6.58 Å². The zero-order chi connectivity index (χ0) is 18.4. The summed E-state index contributed by atoms with van der Waals surface area (Å²) in [5, 5.41) is -0.303. The molecule has 0 aromatic heterocycles. The minimum Gasteiger partial charge on any atom is -0.490 e. The van der Waals surface area contributed by atoms with E-state index < -0.39 is 0 Å². The first-order chi connectivity index (χ1) is 12.0. The van der Waals surface area contributed by atoms with Crippen LogP contribution in [0.15, 0.2) is 46.8 Å². The molecule has 1 fully saturated rings. The summed E-state index contributed by atoms with van der Waals surface area (Å²) in [5.41, 5.74) is 0.721. The lowest BCUT2D eigenvalue weighted by Gasteiger charge is -2.13. The van der Waals surface area contributed by atoms with E-state index in [0.717, 1.165) is 26.7 Å². The van der Waals surface area contributed by atoms with E-state index in [1.807, 2.05) is 6.92 Å². The van der Waals surface area contributed by atoms with E-state index in [4.69, 9.17) is 9.47 Å². The van der Waals surface area contributed by atoms with Gasteiger partial charge in [0.25, 0.3) is 11.1 Å². The largest absolute Gasteiger partial charge is 0.490 e. The Hall–Kier alpha value is -1.99. The van der Waals surface area contributed by atoms with Crippen molar-refractivity contribution in [3.8, 4) is 11.5 Å². The van der Waals surface area contributed by atoms with E-state index in [1.54, 1.807) is 24.3 Å². The number of imide groups is 1. The van der Waals surface area contributed by atoms with Crippen LogP contribution in [0, 0.1) is 0 Å². The van der Waals surface area contributed by atoms with E-state index in [1.165, 1.54) is 6.08 Å². The standard InChI is InChI=1S/C18H18BrNO4S/c1-4-7-20-17(21)16(25-18(20)22)10-12-9-14(23-6-3)15(11-13(12)19)24-8-5-2/h4-5,9-11H,1-2,6-8H2,3H3/b16-10+. The van der Waals surface area contributed by atoms with Gasteiger partial charge in [0.1, 0.15) is 6.61 Å². The maximum absolute atomic E-state index is 12.3. The minimum absolute atomic E-state index is 0.196. The molecule has 0 atom stereocenters. The minimum atomic E-state index is -0.327. The van der Waals surface area contributed by atoms with Gasteiger partial charge in [-0.3, -0.25) is 14.5 Å². The highest BCUT2D eigenvalue weighted by Crippen LogP contribution is 2.38. The number of nitrogens with zero attached hydrogens (tertiary/aromatic N) is 1. The number of ether oxygens (including phenoxy) is 2. The summed E-state index contributed by atoms with van der Waals surface area (Å²) in [6, 6.07) is 3.54. The Morgan fingerprint density at radius 2 is 1.92 bits per heavy atom. The molecule has 0 N–H and O–H groups in total. The molecule has 1 saturated heterocycles. The highest BCUT2D eigenvalue weighted by molar-refractivity contribution is 9.10. The predicted molar refractivity (Wildman–Crippen MR) is 104 cm³/mol. The number of carbonyl (C=O) groups excluding carboxylic acids is 2. The van der Waals surface area contributed by atoms with Crippen molar-refractivity contribution in [3.63, 3.8) is 0 Å². The molecular formula is C18H18BrNO4S. The second-order valence-corrected chi connectivity index (χ2v) is 6.78. The van der Waals surface area contributed by atoms with Crippen LogP contribution in [-0.4, -0.2) is 35.8 Å². The Labute approximate surface area is 159 Å². The van der Waals surface area contributed by atoms with Crippen LogP contribution >= 0.6 is 27.7 Å². The quantitative estimate of drug-likeness (QED) is 0.450. The zero-order valence-electron chi connectivity index (χ0n) is 13.8. The van der Waals surface area contributed by atoms with Crippen molar-refractivity contribution in [1.82, 2.24) is 4.90 Å². The summed E-state index contributed by atoms with van der Waals surface area (Å²) in [4.78, 5) is 25.8. The molecule has 0 unspecified atom stereocenters. The Morgan fingerprint density at radius 3 is 2.56 bits per heavy atom. The van der Waals surface area contributed by atoms with Crippen molar-refractivity contribution < 1.29 is 19.1 Å². The van der Waals surface area contributed by atoms with Crippen molar-refractivity contribution in [1.29, 1.82) is 0 Å². The summed E-state index contributed by atoms with van der Waals surface area (Å²) in [6.45, 7) is 10.1. The molecule has 0 aliphatic carbocycles. The molecule has 7 heteroatoms. The lowest BCUT2D eigenvalue weighted by Crippen LogP contribution is -2.27. The van der Waals surface area contributed by atoms with E-state index in [2.05, 4.69) is 29.1 Å². The lowest BCUT2D eigenvalue weighted by atomic mass is 10.2. The normalized spacial score (nSPS) is 15.6. The maximum atomic E-state index is 12.3. The SMILES string of the molecule is C=CCOc1cc(Br)c(/C=C2/SC(=O)N(CC=C)C2=O)cc1OCC. The number of halogens is 1. The van der Waals surface area contributed by atoms with Gasteiger partial charge in [-0.2, -0.15) is 0 Å². The summed E-state index contributed by atoms with van der Waals surface area (Å²) in [5.74, 6) is 0.807. The molecule has 1 aromatic carbocycles. The van der Waals surface area contributed by atoms with Gasteiger partial charge in [0.15, 0.2) is 11.5 Å². The molecule has 0 radical (unpaired) electrons. The molecule has 5 nitrogen and oxygen atoms in total. The fraction of sp³-hybridized carbons (Fsp3) is 0.222. The van der Waals surface area contributed by atoms with E-state index in [0.29, 0.717) is 29.6 Å². The molecule has 0 spiro atoms. The summed E-state index contributed by atoms with van der Waals surface area (Å²) < 4.78 is 11.9. The first kappa shape index (κ1) is 19.3. The first-order valence-electron chi connectivity index (χ1n) is 7.58. The number of amides is 2. The van der Waals surface area contributed by atoms with E-state index in [-0.39, 0.29) is 17.7 Å². The number of thioether (sulfide) groups is 1. The number of benzene rings is 1. The van der Waals surface area contributed by atoms with Crippen molar-refractivity contribution in [2.24, 2.45) is 0 Å². The van der Waals surface area contributed by atoms with Crippen molar-refractivity contribution in [3.05, 3.63) is 52.4 Å². The summed E-state index contributed by atoms with van der Waals surface area (Å²) in [6.07, 6.45) is 4.83. The van der Waals surface area contributed by atoms with Gasteiger partial charge in [0.05, 0.1) is 11.5 Å². The fourth-order valence-corrected chi connectivity index (χ4v) is 3.39. The Balaban J connectivity index is 2.37. The average Bonchev–Trinajstić information content (AvgIpc) is 2.84. The van der Waals surface area contributed by atoms with Crippen LogP contribution in [0.5, 0.6) is 11.5 Å². The maximum Gasteiger partial charge on any atom is 0.293 e. The highest BCUT2D eigenvalue weighted by Gasteiger charge is 2.34. The van der Waals surface area contributed by atoms with Crippen molar-refractivity contribution in [2.45, 2.75) is 6.92 Å². The van der Waals surface area contributed by atoms with Gasteiger partial charge in [0.2, 0.25) is 0 Å². The molecule has 1 aliphatic rings. The molecule has 132 valence electrons. The molecular weight excluding hydrogens is 406 g/mol. The van der Waals surface area contributed by atoms with Gasteiger partial charge < -0.3 is 9.47 Å². The van der Waals surface area contributed by atoms with Gasteiger partial charge >= 0.3 is 0 Å². The topological polar surface area (TPSA) is 55.8 Å². The smallest absolute Gasteiger partial charge is 0.293 e. The van der Waals surface area contributed by atoms with Crippen molar-refractivity contribution in [2.75, 3.05) is 19.8 Å². The van der Waals surface area contributed by atoms with E-state index >= 15 is 0 Å².